The molecule has 1 aromatic heterocycles. The number of rotatable bonds is 4. The number of aromatic nitrogens is 1. The summed E-state index contributed by atoms with van der Waals surface area (Å²) in [7, 11) is 0. The number of morpholine rings is 1. The number of ether oxygens (including phenoxy) is 1. The van der Waals surface area contributed by atoms with Crippen molar-refractivity contribution < 1.29 is 23.6 Å². The molecule has 0 spiro atoms. The van der Waals surface area contributed by atoms with Gasteiger partial charge in [-0.25, -0.2) is 0 Å². The number of amides is 3. The SMILES string of the molecule is O=C(NCC(=O)N1CCO[C@@H](c2ccccc2)C1)C(=O)Nc1ccon1. The minimum absolute atomic E-state index is 0.121. The van der Waals surface area contributed by atoms with Crippen molar-refractivity contribution in [2.24, 2.45) is 0 Å². The Bertz CT molecular complexity index is 763. The van der Waals surface area contributed by atoms with Gasteiger partial charge in [-0.1, -0.05) is 35.5 Å². The van der Waals surface area contributed by atoms with Crippen LogP contribution in [0, 0.1) is 0 Å². The van der Waals surface area contributed by atoms with Crippen molar-refractivity contribution in [1.29, 1.82) is 0 Å². The fraction of sp³-hybridized carbons (Fsp3) is 0.294. The number of nitrogens with zero attached hydrogens (tertiary/aromatic N) is 2. The normalized spacial score (nSPS) is 16.8. The van der Waals surface area contributed by atoms with Gasteiger partial charge in [0.15, 0.2) is 5.82 Å². The third-order valence-corrected chi connectivity index (χ3v) is 3.88. The Kier molecular flexibility index (Phi) is 5.59. The Morgan fingerprint density at radius 2 is 1.96 bits per heavy atom. The zero-order chi connectivity index (χ0) is 18.4. The van der Waals surface area contributed by atoms with Gasteiger partial charge in [-0.3, -0.25) is 19.7 Å². The lowest BCUT2D eigenvalue weighted by atomic mass is 10.1. The third-order valence-electron chi connectivity index (χ3n) is 3.88. The Balaban J connectivity index is 1.48. The first-order valence-corrected chi connectivity index (χ1v) is 8.07. The Morgan fingerprint density at radius 3 is 2.69 bits per heavy atom. The van der Waals surface area contributed by atoms with Gasteiger partial charge in [0, 0.05) is 12.6 Å². The van der Waals surface area contributed by atoms with Crippen molar-refractivity contribution in [3.63, 3.8) is 0 Å². The lowest BCUT2D eigenvalue weighted by Crippen LogP contribution is -2.48. The van der Waals surface area contributed by atoms with E-state index in [-0.39, 0.29) is 24.4 Å². The van der Waals surface area contributed by atoms with Gasteiger partial charge in [-0.2, -0.15) is 0 Å². The number of hydrogen-bond donors (Lipinski definition) is 2. The molecule has 1 saturated heterocycles. The molecule has 1 aliphatic rings. The van der Waals surface area contributed by atoms with Crippen molar-refractivity contribution >= 4 is 23.5 Å². The highest BCUT2D eigenvalue weighted by Gasteiger charge is 2.26. The molecular weight excluding hydrogens is 340 g/mol. The summed E-state index contributed by atoms with van der Waals surface area (Å²) in [5, 5.41) is 8.03. The molecule has 1 fully saturated rings. The third kappa shape index (κ3) is 4.45. The van der Waals surface area contributed by atoms with E-state index < -0.39 is 11.8 Å². The highest BCUT2D eigenvalue weighted by molar-refractivity contribution is 6.39. The molecule has 9 nitrogen and oxygen atoms in total. The van der Waals surface area contributed by atoms with Crippen LogP contribution in [0.1, 0.15) is 11.7 Å². The van der Waals surface area contributed by atoms with Crippen molar-refractivity contribution in [2.45, 2.75) is 6.10 Å². The fourth-order valence-corrected chi connectivity index (χ4v) is 2.54. The summed E-state index contributed by atoms with van der Waals surface area (Å²) in [4.78, 5) is 37.4. The first kappa shape index (κ1) is 17.6. The number of hydrogen-bond acceptors (Lipinski definition) is 6. The number of benzene rings is 1. The lowest BCUT2D eigenvalue weighted by Gasteiger charge is -2.33. The highest BCUT2D eigenvalue weighted by Crippen LogP contribution is 2.21. The summed E-state index contributed by atoms with van der Waals surface area (Å²) in [6, 6.07) is 11.0. The lowest BCUT2D eigenvalue weighted by molar-refractivity contribution is -0.141. The van der Waals surface area contributed by atoms with E-state index in [2.05, 4.69) is 20.3 Å². The van der Waals surface area contributed by atoms with E-state index in [1.807, 2.05) is 30.3 Å². The number of nitrogens with one attached hydrogen (secondary N) is 2. The highest BCUT2D eigenvalue weighted by atomic mass is 16.5. The summed E-state index contributed by atoms with van der Waals surface area (Å²) in [6.07, 6.45) is 1.05. The summed E-state index contributed by atoms with van der Waals surface area (Å²) in [5.41, 5.74) is 0.987. The maximum Gasteiger partial charge on any atom is 0.314 e. The standard InChI is InChI=1S/C17H18N4O5/c22-15(10-18-16(23)17(24)19-14-6-8-26-20-14)21-7-9-25-13(11-21)12-4-2-1-3-5-12/h1-6,8,13H,7,9-11H2,(H,18,23)(H,19,20,24)/t13-/m1/s1. The van der Waals surface area contributed by atoms with E-state index >= 15 is 0 Å². The average molecular weight is 358 g/mol. The van der Waals surface area contributed by atoms with E-state index in [9.17, 15) is 14.4 Å². The van der Waals surface area contributed by atoms with Crippen LogP contribution in [0.5, 0.6) is 0 Å². The predicted molar refractivity (Wildman–Crippen MR) is 89.9 cm³/mol. The molecule has 0 aliphatic carbocycles. The van der Waals surface area contributed by atoms with Gasteiger partial charge in [0.1, 0.15) is 12.4 Å². The van der Waals surface area contributed by atoms with Crippen LogP contribution in [0.2, 0.25) is 0 Å². The summed E-state index contributed by atoms with van der Waals surface area (Å²) in [5.74, 6) is -2.00. The minimum atomic E-state index is -0.922. The van der Waals surface area contributed by atoms with Crippen LogP contribution in [-0.4, -0.2) is 54.0 Å². The second kappa shape index (κ2) is 8.26. The Labute approximate surface area is 149 Å². The molecule has 1 aliphatic heterocycles. The topological polar surface area (TPSA) is 114 Å². The maximum atomic E-state index is 12.3. The first-order valence-electron chi connectivity index (χ1n) is 8.07. The van der Waals surface area contributed by atoms with Crippen LogP contribution in [0.4, 0.5) is 5.82 Å². The van der Waals surface area contributed by atoms with Gasteiger partial charge >= 0.3 is 11.8 Å². The zero-order valence-electron chi connectivity index (χ0n) is 13.9. The molecule has 26 heavy (non-hydrogen) atoms. The van der Waals surface area contributed by atoms with Gasteiger partial charge in [-0.05, 0) is 5.56 Å². The second-order valence-corrected chi connectivity index (χ2v) is 5.63. The van der Waals surface area contributed by atoms with Gasteiger partial charge in [0.05, 0.1) is 19.7 Å². The minimum Gasteiger partial charge on any atom is -0.370 e. The molecule has 0 bridgehead atoms. The monoisotopic (exact) mass is 358 g/mol. The van der Waals surface area contributed by atoms with Crippen LogP contribution in [0.3, 0.4) is 0 Å². The van der Waals surface area contributed by atoms with E-state index in [4.69, 9.17) is 4.74 Å². The quantitative estimate of drug-likeness (QED) is 0.762. The predicted octanol–water partition coefficient (Wildman–Crippen LogP) is 0.329. The van der Waals surface area contributed by atoms with Crippen molar-refractivity contribution in [1.82, 2.24) is 15.4 Å². The van der Waals surface area contributed by atoms with E-state index in [1.54, 1.807) is 4.90 Å². The number of carbonyl (C=O) groups is 3. The van der Waals surface area contributed by atoms with Gasteiger partial charge in [-0.15, -0.1) is 0 Å². The molecule has 3 rings (SSSR count). The molecule has 1 atom stereocenters. The molecule has 9 heteroatoms. The van der Waals surface area contributed by atoms with Gasteiger partial charge in [0.25, 0.3) is 0 Å². The van der Waals surface area contributed by atoms with Crippen molar-refractivity contribution in [2.75, 3.05) is 31.6 Å². The molecule has 2 N–H and O–H groups in total. The zero-order valence-corrected chi connectivity index (χ0v) is 13.9. The number of anilines is 1. The summed E-state index contributed by atoms with van der Waals surface area (Å²) >= 11 is 0. The smallest absolute Gasteiger partial charge is 0.314 e. The molecule has 1 aromatic carbocycles. The molecule has 2 aromatic rings. The molecular formula is C17H18N4O5. The summed E-state index contributed by atoms with van der Waals surface area (Å²) in [6.45, 7) is 0.964. The van der Waals surface area contributed by atoms with Crippen LogP contribution in [-0.2, 0) is 19.1 Å². The van der Waals surface area contributed by atoms with Crippen LogP contribution < -0.4 is 10.6 Å². The Morgan fingerprint density at radius 1 is 1.15 bits per heavy atom. The molecule has 0 saturated carbocycles. The first-order chi connectivity index (χ1) is 12.6. The molecule has 0 radical (unpaired) electrons. The molecule has 136 valence electrons. The Hall–Kier alpha value is -3.20. The molecule has 3 amide bonds. The fourth-order valence-electron chi connectivity index (χ4n) is 2.54. The maximum absolute atomic E-state index is 12.3. The van der Waals surface area contributed by atoms with E-state index in [0.29, 0.717) is 19.7 Å². The second-order valence-electron chi connectivity index (χ2n) is 5.63. The van der Waals surface area contributed by atoms with Crippen molar-refractivity contribution in [3.8, 4) is 0 Å². The summed E-state index contributed by atoms with van der Waals surface area (Å²) < 4.78 is 10.3. The van der Waals surface area contributed by atoms with Gasteiger partial charge < -0.3 is 19.5 Å². The molecule has 0 unspecified atom stereocenters. The number of carbonyl (C=O) groups excluding carboxylic acids is 3. The average Bonchev–Trinajstić information content (AvgIpc) is 3.19. The largest absolute Gasteiger partial charge is 0.370 e. The van der Waals surface area contributed by atoms with Crippen molar-refractivity contribution in [3.05, 3.63) is 48.2 Å². The van der Waals surface area contributed by atoms with Crippen LogP contribution >= 0.6 is 0 Å². The van der Waals surface area contributed by atoms with E-state index in [1.165, 1.54) is 12.3 Å². The van der Waals surface area contributed by atoms with E-state index in [0.717, 1.165) is 5.56 Å². The van der Waals surface area contributed by atoms with Crippen LogP contribution in [0.25, 0.3) is 0 Å². The van der Waals surface area contributed by atoms with Crippen LogP contribution in [0.15, 0.2) is 47.2 Å². The molecule has 2 heterocycles. The van der Waals surface area contributed by atoms with Gasteiger partial charge in [0.2, 0.25) is 5.91 Å².